The number of hydrogen-bond donors (Lipinski definition) is 0. The molecule has 5 rings (SSSR count). The van der Waals surface area contributed by atoms with Gasteiger partial charge in [-0.1, -0.05) is 0 Å². The van der Waals surface area contributed by atoms with Crippen molar-refractivity contribution in [1.82, 2.24) is 9.66 Å². The van der Waals surface area contributed by atoms with Crippen LogP contribution in [0.2, 0.25) is 0 Å². The average Bonchev–Trinajstić information content (AvgIpc) is 3.14. The quantitative estimate of drug-likeness (QED) is 0.528. The minimum Gasteiger partial charge on any atom is -0.454 e. The highest BCUT2D eigenvalue weighted by atomic mass is 19.1. The van der Waals surface area contributed by atoms with Gasteiger partial charge in [0.05, 0.1) is 17.1 Å². The van der Waals surface area contributed by atoms with Gasteiger partial charge in [-0.15, -0.1) is 0 Å². The van der Waals surface area contributed by atoms with Gasteiger partial charge in [0.15, 0.2) is 11.5 Å². The fourth-order valence-corrected chi connectivity index (χ4v) is 3.41. The molecule has 0 spiro atoms. The minimum atomic E-state index is -0.274. The van der Waals surface area contributed by atoms with Gasteiger partial charge in [-0.2, -0.15) is 5.10 Å². The molecule has 26 heavy (non-hydrogen) atoms. The van der Waals surface area contributed by atoms with Gasteiger partial charge in [0, 0.05) is 17.5 Å². The van der Waals surface area contributed by atoms with Crippen molar-refractivity contribution in [3.63, 3.8) is 0 Å². The fraction of sp³-hybridized carbons (Fsp3) is 0.200. The maximum Gasteiger partial charge on any atom is 0.231 e. The predicted octanol–water partition coefficient (Wildman–Crippen LogP) is 3.57. The third-order valence-electron chi connectivity index (χ3n) is 4.90. The molecule has 0 fully saturated rings. The summed E-state index contributed by atoms with van der Waals surface area (Å²) in [4.78, 5) is 4.67. The first-order chi connectivity index (χ1) is 12.6. The molecule has 2 aromatic carbocycles. The Balaban J connectivity index is 1.79. The summed E-state index contributed by atoms with van der Waals surface area (Å²) in [6.07, 6.45) is 0.634. The molecule has 0 unspecified atom stereocenters. The lowest BCUT2D eigenvalue weighted by Crippen LogP contribution is -2.07. The zero-order valence-electron chi connectivity index (χ0n) is 14.4. The molecule has 0 N–H and O–H groups in total. The van der Waals surface area contributed by atoms with Crippen LogP contribution in [0.25, 0.3) is 0 Å². The van der Waals surface area contributed by atoms with E-state index in [1.165, 1.54) is 12.1 Å². The topological polar surface area (TPSA) is 48.6 Å². The van der Waals surface area contributed by atoms with E-state index in [2.05, 4.69) is 4.98 Å². The van der Waals surface area contributed by atoms with E-state index in [0.717, 1.165) is 45.4 Å². The van der Waals surface area contributed by atoms with Crippen LogP contribution in [-0.4, -0.2) is 22.2 Å². The van der Waals surface area contributed by atoms with Crippen molar-refractivity contribution in [3.8, 4) is 11.5 Å². The van der Waals surface area contributed by atoms with Crippen LogP contribution in [0.1, 0.15) is 33.9 Å². The van der Waals surface area contributed by atoms with E-state index >= 15 is 0 Å². The molecule has 130 valence electrons. The van der Waals surface area contributed by atoms with E-state index in [1.807, 2.05) is 30.7 Å². The Morgan fingerprint density at radius 2 is 1.77 bits per heavy atom. The largest absolute Gasteiger partial charge is 0.454 e. The summed E-state index contributed by atoms with van der Waals surface area (Å²) in [5.41, 5.74) is 5.55. The Kier molecular flexibility index (Phi) is 3.16. The van der Waals surface area contributed by atoms with Crippen LogP contribution in [0.15, 0.2) is 41.5 Å². The van der Waals surface area contributed by atoms with Crippen molar-refractivity contribution in [2.75, 3.05) is 6.79 Å². The van der Waals surface area contributed by atoms with Crippen molar-refractivity contribution < 1.29 is 13.9 Å². The summed E-state index contributed by atoms with van der Waals surface area (Å²) < 4.78 is 26.4. The van der Waals surface area contributed by atoms with E-state index < -0.39 is 0 Å². The summed E-state index contributed by atoms with van der Waals surface area (Å²) in [5.74, 6) is 2.03. The van der Waals surface area contributed by atoms with E-state index in [9.17, 15) is 4.39 Å². The van der Waals surface area contributed by atoms with Crippen LogP contribution < -0.4 is 9.47 Å². The molecule has 0 atom stereocenters. The van der Waals surface area contributed by atoms with Crippen LogP contribution in [0, 0.1) is 19.7 Å². The molecule has 3 aromatic rings. The second kappa shape index (κ2) is 5.42. The molecule has 2 aliphatic rings. The normalized spacial score (nSPS) is 14.5. The zero-order valence-corrected chi connectivity index (χ0v) is 14.4. The molecule has 0 bridgehead atoms. The number of rotatable bonds is 1. The molecular weight excluding hydrogens is 333 g/mol. The van der Waals surface area contributed by atoms with Crippen molar-refractivity contribution in [1.29, 1.82) is 0 Å². The van der Waals surface area contributed by atoms with Gasteiger partial charge < -0.3 is 9.47 Å². The Morgan fingerprint density at radius 3 is 2.54 bits per heavy atom. The number of imidazole rings is 1. The lowest BCUT2D eigenvalue weighted by Gasteiger charge is -2.11. The van der Waals surface area contributed by atoms with Crippen LogP contribution in [0.3, 0.4) is 0 Å². The molecule has 2 aliphatic heterocycles. The van der Waals surface area contributed by atoms with Gasteiger partial charge >= 0.3 is 0 Å². The van der Waals surface area contributed by atoms with Crippen molar-refractivity contribution in [2.45, 2.75) is 20.3 Å². The lowest BCUT2D eigenvalue weighted by molar-refractivity contribution is 0.174. The number of nitrogens with zero attached hydrogens (tertiary/aromatic N) is 3. The van der Waals surface area contributed by atoms with Gasteiger partial charge in [0.1, 0.15) is 11.6 Å². The number of benzene rings is 2. The smallest absolute Gasteiger partial charge is 0.231 e. The SMILES string of the molecule is Cc1nc2n(c1C)N=C(c1ccc(F)cc1)c1cc3c(cc1C2)OCO3. The lowest BCUT2D eigenvalue weighted by atomic mass is 9.95. The number of aromatic nitrogens is 2. The Bertz CT molecular complexity index is 1070. The molecule has 6 heteroatoms. The summed E-state index contributed by atoms with van der Waals surface area (Å²) in [5, 5.41) is 4.88. The summed E-state index contributed by atoms with van der Waals surface area (Å²) >= 11 is 0. The molecule has 0 radical (unpaired) electrons. The van der Waals surface area contributed by atoms with Crippen molar-refractivity contribution in [2.24, 2.45) is 5.10 Å². The molecular formula is C20H16FN3O2. The molecule has 1 aromatic heterocycles. The molecule has 0 amide bonds. The van der Waals surface area contributed by atoms with Gasteiger partial charge in [0.25, 0.3) is 0 Å². The first kappa shape index (κ1) is 15.1. The van der Waals surface area contributed by atoms with E-state index in [0.29, 0.717) is 12.2 Å². The maximum absolute atomic E-state index is 13.4. The Hall–Kier alpha value is -3.15. The van der Waals surface area contributed by atoms with Crippen molar-refractivity contribution >= 4 is 5.71 Å². The van der Waals surface area contributed by atoms with Crippen LogP contribution in [0.5, 0.6) is 11.5 Å². The summed E-state index contributed by atoms with van der Waals surface area (Å²) in [6, 6.07) is 10.3. The number of aryl methyl sites for hydroxylation is 1. The number of halogens is 1. The highest BCUT2D eigenvalue weighted by molar-refractivity contribution is 6.14. The number of hydrogen-bond acceptors (Lipinski definition) is 4. The fourth-order valence-electron chi connectivity index (χ4n) is 3.41. The Labute approximate surface area is 149 Å². The first-order valence-corrected chi connectivity index (χ1v) is 8.43. The van der Waals surface area contributed by atoms with Gasteiger partial charge in [-0.25, -0.2) is 14.1 Å². The maximum atomic E-state index is 13.4. The van der Waals surface area contributed by atoms with Crippen LogP contribution in [0.4, 0.5) is 4.39 Å². The second-order valence-electron chi connectivity index (χ2n) is 6.51. The van der Waals surface area contributed by atoms with E-state index in [-0.39, 0.29) is 12.6 Å². The molecule has 3 heterocycles. The third-order valence-corrected chi connectivity index (χ3v) is 4.90. The van der Waals surface area contributed by atoms with Gasteiger partial charge in [-0.05, 0) is 55.8 Å². The van der Waals surface area contributed by atoms with Gasteiger partial charge in [-0.3, -0.25) is 0 Å². The van der Waals surface area contributed by atoms with E-state index in [1.54, 1.807) is 12.1 Å². The van der Waals surface area contributed by atoms with Gasteiger partial charge in [0.2, 0.25) is 6.79 Å². The van der Waals surface area contributed by atoms with Crippen LogP contribution >= 0.6 is 0 Å². The second-order valence-corrected chi connectivity index (χ2v) is 6.51. The highest BCUT2D eigenvalue weighted by Gasteiger charge is 2.25. The average molecular weight is 349 g/mol. The third kappa shape index (κ3) is 2.22. The highest BCUT2D eigenvalue weighted by Crippen LogP contribution is 2.37. The predicted molar refractivity (Wildman–Crippen MR) is 94.5 cm³/mol. The Morgan fingerprint density at radius 1 is 1.04 bits per heavy atom. The summed E-state index contributed by atoms with van der Waals surface area (Å²) in [7, 11) is 0. The first-order valence-electron chi connectivity index (χ1n) is 8.43. The number of fused-ring (bicyclic) bond motifs is 3. The van der Waals surface area contributed by atoms with Crippen molar-refractivity contribution in [3.05, 3.63) is 76.1 Å². The monoisotopic (exact) mass is 349 g/mol. The molecule has 5 nitrogen and oxygen atoms in total. The minimum absolute atomic E-state index is 0.216. The van der Waals surface area contributed by atoms with E-state index in [4.69, 9.17) is 14.6 Å². The summed E-state index contributed by atoms with van der Waals surface area (Å²) in [6.45, 7) is 4.19. The molecule has 0 aliphatic carbocycles. The standard InChI is InChI=1S/C20H16FN3O2/c1-11-12(2)24-19(22-11)8-14-7-17-18(26-10-25-17)9-16(14)20(23-24)13-3-5-15(21)6-4-13/h3-7,9H,8,10H2,1-2H3. The molecule has 0 saturated carbocycles. The van der Waals surface area contributed by atoms with Crippen LogP contribution in [-0.2, 0) is 6.42 Å². The zero-order chi connectivity index (χ0) is 17.8. The molecule has 0 saturated heterocycles. The number of ether oxygens (including phenoxy) is 2.